The molecule has 3 aromatic rings. The van der Waals surface area contributed by atoms with Crippen molar-refractivity contribution >= 4 is 11.7 Å². The van der Waals surface area contributed by atoms with Gasteiger partial charge in [-0.15, -0.1) is 0 Å². The van der Waals surface area contributed by atoms with Crippen LogP contribution in [0, 0.1) is 0 Å². The van der Waals surface area contributed by atoms with Crippen LogP contribution in [0.4, 0.5) is 19.1 Å². The van der Waals surface area contributed by atoms with Crippen LogP contribution in [0.3, 0.4) is 0 Å². The third kappa shape index (κ3) is 3.01. The van der Waals surface area contributed by atoms with Crippen LogP contribution in [0.15, 0.2) is 36.9 Å². The molecule has 0 spiro atoms. The van der Waals surface area contributed by atoms with Crippen LogP contribution in [-0.2, 0) is 6.18 Å². The number of aromatic nitrogens is 5. The molecule has 0 unspecified atom stereocenters. The van der Waals surface area contributed by atoms with Gasteiger partial charge in [0.2, 0.25) is 11.7 Å². The van der Waals surface area contributed by atoms with Gasteiger partial charge in [-0.2, -0.15) is 13.2 Å². The van der Waals surface area contributed by atoms with Gasteiger partial charge in [-0.1, -0.05) is 0 Å². The molecule has 25 heavy (non-hydrogen) atoms. The van der Waals surface area contributed by atoms with E-state index in [-0.39, 0.29) is 11.7 Å². The number of halogens is 3. The predicted molar refractivity (Wildman–Crippen MR) is 84.2 cm³/mol. The quantitative estimate of drug-likeness (QED) is 0.713. The highest BCUT2D eigenvalue weighted by molar-refractivity contribution is 5.36. The Balaban J connectivity index is 1.59. The van der Waals surface area contributed by atoms with E-state index in [1.54, 1.807) is 18.5 Å². The molecular weight excluding hydrogens is 333 g/mol. The lowest BCUT2D eigenvalue weighted by atomic mass is 9.93. The average molecular weight is 348 g/mol. The normalized spacial score (nSPS) is 16.5. The van der Waals surface area contributed by atoms with Crippen LogP contribution in [-0.4, -0.2) is 37.4 Å². The van der Waals surface area contributed by atoms with E-state index in [9.17, 15) is 13.2 Å². The number of fused-ring (bicyclic) bond motifs is 1. The number of piperidine rings is 1. The van der Waals surface area contributed by atoms with Crippen molar-refractivity contribution in [3.63, 3.8) is 0 Å². The zero-order valence-corrected chi connectivity index (χ0v) is 13.2. The van der Waals surface area contributed by atoms with Crippen molar-refractivity contribution in [1.82, 2.24) is 24.3 Å². The maximum atomic E-state index is 13.3. The number of hydrogen-bond donors (Lipinski definition) is 0. The smallest absolute Gasteiger partial charge is 0.341 e. The zero-order chi connectivity index (χ0) is 17.4. The molecule has 0 amide bonds. The highest BCUT2D eigenvalue weighted by Crippen LogP contribution is 2.34. The molecular formula is C16H15F3N6. The highest BCUT2D eigenvalue weighted by Gasteiger charge is 2.35. The van der Waals surface area contributed by atoms with E-state index in [2.05, 4.69) is 19.9 Å². The Bertz CT molecular complexity index is 868. The van der Waals surface area contributed by atoms with Gasteiger partial charge in [0.05, 0.1) is 0 Å². The Morgan fingerprint density at radius 1 is 1.00 bits per heavy atom. The summed E-state index contributed by atoms with van der Waals surface area (Å²) >= 11 is 0. The van der Waals surface area contributed by atoms with Gasteiger partial charge in [0, 0.05) is 49.5 Å². The number of rotatable bonds is 2. The summed E-state index contributed by atoms with van der Waals surface area (Å²) in [6, 6.07) is 2.90. The summed E-state index contributed by atoms with van der Waals surface area (Å²) in [5, 5.41) is 0. The van der Waals surface area contributed by atoms with Gasteiger partial charge in [-0.25, -0.2) is 19.9 Å². The molecule has 0 N–H and O–H groups in total. The summed E-state index contributed by atoms with van der Waals surface area (Å²) < 4.78 is 41.0. The van der Waals surface area contributed by atoms with Gasteiger partial charge < -0.3 is 4.90 Å². The second-order valence-electron chi connectivity index (χ2n) is 5.97. The van der Waals surface area contributed by atoms with Crippen LogP contribution >= 0.6 is 0 Å². The first-order valence-corrected chi connectivity index (χ1v) is 7.95. The minimum absolute atomic E-state index is 0.0391. The number of imidazole rings is 1. The molecule has 0 saturated carbocycles. The molecule has 9 heteroatoms. The van der Waals surface area contributed by atoms with E-state index in [0.717, 1.165) is 10.5 Å². The van der Waals surface area contributed by atoms with Gasteiger partial charge in [0.1, 0.15) is 5.69 Å². The molecule has 0 bridgehead atoms. The molecule has 0 aliphatic carbocycles. The standard InChI is InChI=1S/C16H15F3N6/c17-16(18,19)13-10-12(23-15-22-6-9-25(13)15)11-2-7-24(8-3-11)14-20-4-1-5-21-14/h1,4-6,9-11H,2-3,7-8H2. The largest absolute Gasteiger partial charge is 0.431 e. The molecule has 6 nitrogen and oxygen atoms in total. The average Bonchev–Trinajstić information content (AvgIpc) is 3.09. The minimum Gasteiger partial charge on any atom is -0.341 e. The van der Waals surface area contributed by atoms with Gasteiger partial charge in [0.25, 0.3) is 0 Å². The Hall–Kier alpha value is -2.71. The van der Waals surface area contributed by atoms with E-state index >= 15 is 0 Å². The maximum Gasteiger partial charge on any atom is 0.431 e. The van der Waals surface area contributed by atoms with E-state index in [1.165, 1.54) is 12.4 Å². The van der Waals surface area contributed by atoms with Crippen LogP contribution in [0.5, 0.6) is 0 Å². The van der Waals surface area contributed by atoms with Crippen LogP contribution in [0.2, 0.25) is 0 Å². The van der Waals surface area contributed by atoms with Gasteiger partial charge in [-0.05, 0) is 25.0 Å². The number of hydrogen-bond acceptors (Lipinski definition) is 5. The van der Waals surface area contributed by atoms with Crippen LogP contribution in [0.25, 0.3) is 5.78 Å². The van der Waals surface area contributed by atoms with Crippen molar-refractivity contribution in [3.8, 4) is 0 Å². The van der Waals surface area contributed by atoms with E-state index < -0.39 is 11.9 Å². The molecule has 4 heterocycles. The first-order chi connectivity index (χ1) is 12.0. The third-order valence-corrected chi connectivity index (χ3v) is 4.43. The van der Waals surface area contributed by atoms with Crippen molar-refractivity contribution < 1.29 is 13.2 Å². The Kier molecular flexibility index (Phi) is 3.78. The number of anilines is 1. The first kappa shape index (κ1) is 15.8. The Labute approximate surface area is 141 Å². The zero-order valence-electron chi connectivity index (χ0n) is 13.2. The molecule has 0 atom stereocenters. The van der Waals surface area contributed by atoms with E-state index in [4.69, 9.17) is 0 Å². The van der Waals surface area contributed by atoms with Gasteiger partial charge in [-0.3, -0.25) is 4.40 Å². The van der Waals surface area contributed by atoms with Crippen molar-refractivity contribution in [3.05, 3.63) is 48.3 Å². The summed E-state index contributed by atoms with van der Waals surface area (Å²) in [6.45, 7) is 1.36. The van der Waals surface area contributed by atoms with Crippen LogP contribution in [0.1, 0.15) is 30.1 Å². The molecule has 1 aliphatic rings. The van der Waals surface area contributed by atoms with Crippen molar-refractivity contribution in [1.29, 1.82) is 0 Å². The summed E-state index contributed by atoms with van der Waals surface area (Å²) in [6.07, 6.45) is 2.91. The lowest BCUT2D eigenvalue weighted by molar-refractivity contribution is -0.142. The lowest BCUT2D eigenvalue weighted by Gasteiger charge is -2.31. The Morgan fingerprint density at radius 2 is 1.72 bits per heavy atom. The summed E-state index contributed by atoms with van der Waals surface area (Å²) in [4.78, 5) is 18.7. The molecule has 130 valence electrons. The molecule has 4 rings (SSSR count). The SMILES string of the molecule is FC(F)(F)c1cc(C2CCN(c3ncccn3)CC2)nc2nccn12. The van der Waals surface area contributed by atoms with E-state index in [0.29, 0.717) is 37.6 Å². The summed E-state index contributed by atoms with van der Waals surface area (Å²) in [5.74, 6) is 0.690. The van der Waals surface area contributed by atoms with E-state index in [1.807, 2.05) is 4.90 Å². The molecule has 1 aliphatic heterocycles. The summed E-state index contributed by atoms with van der Waals surface area (Å²) in [5.41, 5.74) is -0.293. The molecule has 0 aromatic carbocycles. The third-order valence-electron chi connectivity index (χ3n) is 4.43. The highest BCUT2D eigenvalue weighted by atomic mass is 19.4. The van der Waals surface area contributed by atoms with Gasteiger partial charge >= 0.3 is 6.18 Å². The second-order valence-corrected chi connectivity index (χ2v) is 5.97. The fraction of sp³-hybridized carbons (Fsp3) is 0.375. The fourth-order valence-corrected chi connectivity index (χ4v) is 3.18. The topological polar surface area (TPSA) is 59.2 Å². The lowest BCUT2D eigenvalue weighted by Crippen LogP contribution is -2.34. The van der Waals surface area contributed by atoms with Crippen molar-refractivity contribution in [2.45, 2.75) is 24.9 Å². The second kappa shape index (κ2) is 5.98. The molecule has 1 saturated heterocycles. The molecule has 3 aromatic heterocycles. The fourth-order valence-electron chi connectivity index (χ4n) is 3.18. The summed E-state index contributed by atoms with van der Waals surface area (Å²) in [7, 11) is 0. The minimum atomic E-state index is -4.45. The number of alkyl halides is 3. The van der Waals surface area contributed by atoms with Gasteiger partial charge in [0.15, 0.2) is 0 Å². The maximum absolute atomic E-state index is 13.3. The molecule has 1 fully saturated rings. The number of nitrogens with zero attached hydrogens (tertiary/aromatic N) is 6. The van der Waals surface area contributed by atoms with Crippen LogP contribution < -0.4 is 4.90 Å². The van der Waals surface area contributed by atoms with Crippen molar-refractivity contribution in [2.24, 2.45) is 0 Å². The van der Waals surface area contributed by atoms with Crippen molar-refractivity contribution in [2.75, 3.05) is 18.0 Å². The Morgan fingerprint density at radius 3 is 2.40 bits per heavy atom. The monoisotopic (exact) mass is 348 g/mol. The molecule has 0 radical (unpaired) electrons. The first-order valence-electron chi connectivity index (χ1n) is 7.95. The predicted octanol–water partition coefficient (Wildman–Crippen LogP) is 2.92.